The molecule has 3 rings (SSSR count). The highest BCUT2D eigenvalue weighted by Gasteiger charge is 2.47. The molecule has 2 heterocycles. The van der Waals surface area contributed by atoms with Crippen LogP contribution in [0.4, 0.5) is 0 Å². The lowest BCUT2D eigenvalue weighted by Crippen LogP contribution is -2.56. The summed E-state index contributed by atoms with van der Waals surface area (Å²) in [6.07, 6.45) is 3.88. The minimum Gasteiger partial charge on any atom is -0.318 e. The molecule has 1 atom stereocenters. The molecule has 1 fully saturated rings. The first-order valence-corrected chi connectivity index (χ1v) is 11.0. The molecule has 9 nitrogen and oxygen atoms in total. The second kappa shape index (κ2) is 8.59. The molecule has 0 N–H and O–H groups in total. The van der Waals surface area contributed by atoms with Crippen LogP contribution in [0, 0.1) is 0 Å². The molecule has 2 aliphatic rings. The van der Waals surface area contributed by atoms with Crippen LogP contribution < -0.4 is 0 Å². The fraction of sp³-hybridized carbons (Fsp3) is 0.421. The first kappa shape index (κ1) is 21.4. The van der Waals surface area contributed by atoms with Crippen molar-refractivity contribution in [1.82, 2.24) is 9.80 Å². The molecule has 1 unspecified atom stereocenters. The van der Waals surface area contributed by atoms with Gasteiger partial charge in [0, 0.05) is 6.42 Å². The minimum atomic E-state index is -2.95. The quantitative estimate of drug-likeness (QED) is 0.467. The van der Waals surface area contributed by atoms with Crippen molar-refractivity contribution >= 4 is 37.5 Å². The van der Waals surface area contributed by atoms with Crippen LogP contribution in [0.2, 0.25) is 0 Å². The van der Waals surface area contributed by atoms with Crippen LogP contribution in [0.3, 0.4) is 0 Å². The van der Waals surface area contributed by atoms with Crippen LogP contribution in [0.15, 0.2) is 24.3 Å². The number of nitrogens with zero attached hydrogens (tertiary/aromatic N) is 2. The van der Waals surface area contributed by atoms with Gasteiger partial charge in [-0.05, 0) is 38.7 Å². The number of rotatable bonds is 8. The molecule has 0 bridgehead atoms. The van der Waals surface area contributed by atoms with Gasteiger partial charge < -0.3 is 9.05 Å². The smallest absolute Gasteiger partial charge is 0.262 e. The standard InChI is InChI=1S/C19H23N2O7P/c1-4-26-29(3,27-5-2)28-12-20-16(22)11-10-15(19(20)25)21-17(23)13-8-6-7-9-14(13)18(21)24/h6-9,15H,3-5,10-12H2,1-2H3. The van der Waals surface area contributed by atoms with Gasteiger partial charge in [-0.15, -0.1) is 0 Å². The largest absolute Gasteiger partial charge is 0.318 e. The van der Waals surface area contributed by atoms with Crippen LogP contribution in [0.1, 0.15) is 47.4 Å². The predicted molar refractivity (Wildman–Crippen MR) is 105 cm³/mol. The summed E-state index contributed by atoms with van der Waals surface area (Å²) in [6, 6.07) is 5.32. The maximum absolute atomic E-state index is 13.0. The van der Waals surface area contributed by atoms with E-state index in [2.05, 4.69) is 6.30 Å². The van der Waals surface area contributed by atoms with Gasteiger partial charge in [0.15, 0.2) is 0 Å². The number of hydrogen-bond acceptors (Lipinski definition) is 7. The van der Waals surface area contributed by atoms with Crippen molar-refractivity contribution in [2.75, 3.05) is 19.9 Å². The van der Waals surface area contributed by atoms with E-state index in [1.165, 1.54) is 0 Å². The number of benzene rings is 1. The Morgan fingerprint density at radius 2 is 1.55 bits per heavy atom. The summed E-state index contributed by atoms with van der Waals surface area (Å²) in [6.45, 7) is 3.65. The number of hydrogen-bond donors (Lipinski definition) is 0. The van der Waals surface area contributed by atoms with Gasteiger partial charge in [-0.1, -0.05) is 12.1 Å². The molecule has 156 valence electrons. The van der Waals surface area contributed by atoms with E-state index < -0.39 is 44.0 Å². The lowest BCUT2D eigenvalue weighted by Gasteiger charge is -2.35. The highest BCUT2D eigenvalue weighted by atomic mass is 31.2. The van der Waals surface area contributed by atoms with E-state index in [0.717, 1.165) is 9.80 Å². The summed E-state index contributed by atoms with van der Waals surface area (Å²) >= 11 is 0. The molecule has 4 amide bonds. The molecule has 0 radical (unpaired) electrons. The zero-order chi connectivity index (χ0) is 21.2. The SMILES string of the molecule is C=P(OCC)(OCC)OCN1C(=O)CCC(N2C(=O)c3ccccc3C2=O)C1=O. The Kier molecular flexibility index (Phi) is 6.33. The summed E-state index contributed by atoms with van der Waals surface area (Å²) in [5.74, 6) is -2.21. The van der Waals surface area contributed by atoms with Gasteiger partial charge in [-0.2, -0.15) is 0 Å². The maximum Gasteiger partial charge on any atom is 0.262 e. The summed E-state index contributed by atoms with van der Waals surface area (Å²) in [5.41, 5.74) is 0.501. The Bertz CT molecular complexity index is 855. The average molecular weight is 422 g/mol. The number of fused-ring (bicyclic) bond motifs is 1. The fourth-order valence-electron chi connectivity index (χ4n) is 3.34. The average Bonchev–Trinajstić information content (AvgIpc) is 2.93. The van der Waals surface area contributed by atoms with Crippen molar-refractivity contribution in [2.45, 2.75) is 32.7 Å². The molecule has 0 spiro atoms. The van der Waals surface area contributed by atoms with E-state index in [-0.39, 0.29) is 37.2 Å². The van der Waals surface area contributed by atoms with Crippen molar-refractivity contribution in [1.29, 1.82) is 0 Å². The van der Waals surface area contributed by atoms with Crippen molar-refractivity contribution in [3.05, 3.63) is 35.4 Å². The number of piperidine rings is 1. The van der Waals surface area contributed by atoms with Gasteiger partial charge in [0.05, 0.1) is 24.3 Å². The number of carbonyl (C=O) groups excluding carboxylic acids is 4. The highest BCUT2D eigenvalue weighted by Crippen LogP contribution is 2.48. The van der Waals surface area contributed by atoms with E-state index in [9.17, 15) is 19.2 Å². The van der Waals surface area contributed by atoms with Crippen molar-refractivity contribution in [2.24, 2.45) is 0 Å². The molecular formula is C19H23N2O7P. The van der Waals surface area contributed by atoms with Gasteiger partial charge >= 0.3 is 0 Å². The van der Waals surface area contributed by atoms with Gasteiger partial charge in [0.1, 0.15) is 12.8 Å². The molecular weight excluding hydrogens is 399 g/mol. The second-order valence-electron chi connectivity index (χ2n) is 6.45. The second-order valence-corrected chi connectivity index (χ2v) is 8.44. The van der Waals surface area contributed by atoms with Crippen molar-refractivity contribution in [3.63, 3.8) is 0 Å². The van der Waals surface area contributed by atoms with E-state index in [0.29, 0.717) is 0 Å². The predicted octanol–water partition coefficient (Wildman–Crippen LogP) is 2.04. The Morgan fingerprint density at radius 1 is 1.00 bits per heavy atom. The van der Waals surface area contributed by atoms with Gasteiger partial charge in [0.2, 0.25) is 5.91 Å². The summed E-state index contributed by atoms with van der Waals surface area (Å²) in [5, 5.41) is 0. The Morgan fingerprint density at radius 3 is 2.07 bits per heavy atom. The lowest BCUT2D eigenvalue weighted by atomic mass is 10.0. The first-order valence-electron chi connectivity index (χ1n) is 9.31. The molecule has 29 heavy (non-hydrogen) atoms. The third kappa shape index (κ3) is 4.04. The van der Waals surface area contributed by atoms with Crippen molar-refractivity contribution < 1.29 is 32.7 Å². The zero-order valence-corrected chi connectivity index (χ0v) is 17.2. The molecule has 2 aliphatic heterocycles. The Balaban J connectivity index is 1.78. The zero-order valence-electron chi connectivity index (χ0n) is 16.3. The van der Waals surface area contributed by atoms with Crippen LogP contribution >= 0.6 is 7.57 Å². The van der Waals surface area contributed by atoms with Crippen LogP contribution in [0.5, 0.6) is 0 Å². The monoisotopic (exact) mass is 422 g/mol. The van der Waals surface area contributed by atoms with Gasteiger partial charge in [-0.25, -0.2) is 0 Å². The number of carbonyl (C=O) groups is 4. The summed E-state index contributed by atoms with van der Waals surface area (Å²) < 4.78 is 16.4. The normalized spacial score (nSPS) is 19.9. The third-order valence-corrected chi connectivity index (χ3v) is 6.47. The number of amides is 4. The highest BCUT2D eigenvalue weighted by molar-refractivity contribution is 7.59. The molecule has 1 aromatic carbocycles. The number of likely N-dealkylation sites (tertiary alicyclic amines) is 1. The molecule has 0 aromatic heterocycles. The minimum absolute atomic E-state index is 0.000963. The van der Waals surface area contributed by atoms with Crippen LogP contribution in [-0.4, -0.2) is 65.7 Å². The summed E-state index contributed by atoms with van der Waals surface area (Å²) in [7, 11) is -2.95. The topological polar surface area (TPSA) is 102 Å². The number of imide groups is 2. The van der Waals surface area contributed by atoms with E-state index >= 15 is 0 Å². The molecule has 1 aromatic rings. The van der Waals surface area contributed by atoms with E-state index in [1.807, 2.05) is 0 Å². The molecule has 0 saturated carbocycles. The van der Waals surface area contributed by atoms with Gasteiger partial charge in [-0.3, -0.25) is 33.5 Å². The summed E-state index contributed by atoms with van der Waals surface area (Å²) in [4.78, 5) is 52.5. The fourth-order valence-corrected chi connectivity index (χ4v) is 4.64. The first-order chi connectivity index (χ1) is 13.8. The van der Waals surface area contributed by atoms with Crippen LogP contribution in [0.25, 0.3) is 0 Å². The van der Waals surface area contributed by atoms with Crippen LogP contribution in [-0.2, 0) is 23.2 Å². The molecule has 1 saturated heterocycles. The lowest BCUT2D eigenvalue weighted by molar-refractivity contribution is -0.155. The van der Waals surface area contributed by atoms with Crippen molar-refractivity contribution in [3.8, 4) is 0 Å². The molecule has 10 heteroatoms. The third-order valence-electron chi connectivity index (χ3n) is 4.66. The van der Waals surface area contributed by atoms with E-state index in [4.69, 9.17) is 13.6 Å². The Hall–Kier alpha value is -2.32. The van der Waals surface area contributed by atoms with E-state index in [1.54, 1.807) is 38.1 Å². The Labute approximate surface area is 168 Å². The van der Waals surface area contributed by atoms with Gasteiger partial charge in [0.25, 0.3) is 25.3 Å². The maximum atomic E-state index is 13.0. The molecule has 0 aliphatic carbocycles.